The number of aryl methyl sites for hydroxylation is 1. The van der Waals surface area contributed by atoms with Crippen molar-refractivity contribution in [2.24, 2.45) is 5.84 Å². The summed E-state index contributed by atoms with van der Waals surface area (Å²) in [6.07, 6.45) is 1.14. The van der Waals surface area contributed by atoms with E-state index in [0.717, 1.165) is 11.8 Å². The second-order valence-corrected chi connectivity index (χ2v) is 2.66. The summed E-state index contributed by atoms with van der Waals surface area (Å²) in [6, 6.07) is 5.30. The molecule has 0 bridgehead atoms. The Morgan fingerprint density at radius 2 is 2.31 bits per heavy atom. The SMILES string of the molecule is Cc1cccc(C=N)c1C(=O)NN. The van der Waals surface area contributed by atoms with Gasteiger partial charge >= 0.3 is 0 Å². The Kier molecular flexibility index (Phi) is 2.76. The molecule has 1 amide bonds. The molecular formula is C9H11N3O. The highest BCUT2D eigenvalue weighted by molar-refractivity contribution is 6.02. The number of hydrogen-bond acceptors (Lipinski definition) is 3. The first-order valence-electron chi connectivity index (χ1n) is 3.81. The van der Waals surface area contributed by atoms with Gasteiger partial charge in [-0.3, -0.25) is 10.2 Å². The number of carbonyl (C=O) groups excluding carboxylic acids is 1. The molecule has 1 aromatic rings. The number of nitrogen functional groups attached to an aromatic ring is 1. The quantitative estimate of drug-likeness (QED) is 0.267. The highest BCUT2D eigenvalue weighted by Crippen LogP contribution is 2.11. The average molecular weight is 177 g/mol. The molecule has 0 spiro atoms. The third-order valence-electron chi connectivity index (χ3n) is 1.82. The number of benzene rings is 1. The molecule has 13 heavy (non-hydrogen) atoms. The summed E-state index contributed by atoms with van der Waals surface area (Å²) in [7, 11) is 0. The van der Waals surface area contributed by atoms with E-state index in [1.807, 2.05) is 0 Å². The van der Waals surface area contributed by atoms with E-state index in [9.17, 15) is 4.79 Å². The van der Waals surface area contributed by atoms with Gasteiger partial charge in [-0.1, -0.05) is 18.2 Å². The number of rotatable bonds is 2. The van der Waals surface area contributed by atoms with Crippen molar-refractivity contribution in [2.75, 3.05) is 0 Å². The molecule has 0 aromatic heterocycles. The molecule has 4 nitrogen and oxygen atoms in total. The van der Waals surface area contributed by atoms with Crippen LogP contribution in [0.4, 0.5) is 0 Å². The third-order valence-corrected chi connectivity index (χ3v) is 1.82. The van der Waals surface area contributed by atoms with Gasteiger partial charge in [0.1, 0.15) is 0 Å². The summed E-state index contributed by atoms with van der Waals surface area (Å²) in [4.78, 5) is 11.3. The second kappa shape index (κ2) is 3.82. The number of carbonyl (C=O) groups is 1. The molecular weight excluding hydrogens is 166 g/mol. The van der Waals surface area contributed by atoms with Crippen LogP contribution in [-0.4, -0.2) is 12.1 Å². The summed E-state index contributed by atoms with van der Waals surface area (Å²) in [5.41, 5.74) is 3.89. The zero-order valence-electron chi connectivity index (χ0n) is 7.29. The van der Waals surface area contributed by atoms with Gasteiger partial charge < -0.3 is 5.41 Å². The summed E-state index contributed by atoms with van der Waals surface area (Å²) < 4.78 is 0. The van der Waals surface area contributed by atoms with Crippen molar-refractivity contribution in [3.8, 4) is 0 Å². The van der Waals surface area contributed by atoms with Crippen LogP contribution in [0.2, 0.25) is 0 Å². The molecule has 4 heteroatoms. The minimum atomic E-state index is -0.364. The molecule has 0 aliphatic rings. The van der Waals surface area contributed by atoms with Gasteiger partial charge in [0.25, 0.3) is 5.91 Å². The van der Waals surface area contributed by atoms with E-state index in [2.05, 4.69) is 5.43 Å². The van der Waals surface area contributed by atoms with E-state index in [1.165, 1.54) is 0 Å². The molecule has 0 atom stereocenters. The first-order chi connectivity index (χ1) is 6.20. The maximum Gasteiger partial charge on any atom is 0.266 e. The number of nitrogens with two attached hydrogens (primary N) is 1. The Labute approximate surface area is 76.2 Å². The Bertz CT molecular complexity index is 347. The van der Waals surface area contributed by atoms with Crippen LogP contribution in [0, 0.1) is 12.3 Å². The lowest BCUT2D eigenvalue weighted by Gasteiger charge is -2.06. The molecule has 0 unspecified atom stereocenters. The molecule has 0 aliphatic heterocycles. The van der Waals surface area contributed by atoms with E-state index >= 15 is 0 Å². The van der Waals surface area contributed by atoms with Crippen LogP contribution in [0.5, 0.6) is 0 Å². The fourth-order valence-electron chi connectivity index (χ4n) is 1.19. The molecule has 0 saturated heterocycles. The lowest BCUT2D eigenvalue weighted by molar-refractivity contribution is 0.0953. The first kappa shape index (κ1) is 9.41. The smallest absolute Gasteiger partial charge is 0.266 e. The second-order valence-electron chi connectivity index (χ2n) is 2.66. The summed E-state index contributed by atoms with van der Waals surface area (Å²) >= 11 is 0. The van der Waals surface area contributed by atoms with Crippen LogP contribution in [0.1, 0.15) is 21.5 Å². The normalized spacial score (nSPS) is 9.38. The van der Waals surface area contributed by atoms with Crippen molar-refractivity contribution in [3.63, 3.8) is 0 Å². The summed E-state index contributed by atoms with van der Waals surface area (Å²) in [5, 5.41) is 7.10. The van der Waals surface area contributed by atoms with Crippen molar-refractivity contribution >= 4 is 12.1 Å². The highest BCUT2D eigenvalue weighted by Gasteiger charge is 2.10. The zero-order valence-corrected chi connectivity index (χ0v) is 7.29. The van der Waals surface area contributed by atoms with Crippen LogP contribution >= 0.6 is 0 Å². The molecule has 1 rings (SSSR count). The lowest BCUT2D eigenvalue weighted by atomic mass is 10.0. The Morgan fingerprint density at radius 3 is 2.85 bits per heavy atom. The van der Waals surface area contributed by atoms with Crippen molar-refractivity contribution in [2.45, 2.75) is 6.92 Å². The molecule has 0 heterocycles. The van der Waals surface area contributed by atoms with E-state index < -0.39 is 0 Å². The lowest BCUT2D eigenvalue weighted by Crippen LogP contribution is -2.31. The van der Waals surface area contributed by atoms with E-state index in [4.69, 9.17) is 11.3 Å². The van der Waals surface area contributed by atoms with Gasteiger partial charge in [-0.05, 0) is 12.5 Å². The molecule has 68 valence electrons. The van der Waals surface area contributed by atoms with Gasteiger partial charge in [-0.2, -0.15) is 0 Å². The van der Waals surface area contributed by atoms with Crippen LogP contribution in [0.15, 0.2) is 18.2 Å². The number of hydrazine groups is 1. The van der Waals surface area contributed by atoms with Gasteiger partial charge in [-0.15, -0.1) is 0 Å². The highest BCUT2D eigenvalue weighted by atomic mass is 16.2. The van der Waals surface area contributed by atoms with Gasteiger partial charge in [0.05, 0.1) is 5.56 Å². The summed E-state index contributed by atoms with van der Waals surface area (Å²) in [6.45, 7) is 1.80. The van der Waals surface area contributed by atoms with Crippen LogP contribution < -0.4 is 11.3 Å². The van der Waals surface area contributed by atoms with Gasteiger partial charge in [-0.25, -0.2) is 5.84 Å². The molecule has 4 N–H and O–H groups in total. The minimum Gasteiger partial charge on any atom is -0.308 e. The van der Waals surface area contributed by atoms with Crippen LogP contribution in [0.3, 0.4) is 0 Å². The molecule has 0 radical (unpaired) electrons. The predicted octanol–water partition coefficient (Wildman–Crippen LogP) is 0.596. The van der Waals surface area contributed by atoms with Gasteiger partial charge in [0, 0.05) is 11.8 Å². The Hall–Kier alpha value is -1.68. The number of hydrogen-bond donors (Lipinski definition) is 3. The predicted molar refractivity (Wildman–Crippen MR) is 50.7 cm³/mol. The fourth-order valence-corrected chi connectivity index (χ4v) is 1.19. The van der Waals surface area contributed by atoms with Crippen LogP contribution in [0.25, 0.3) is 0 Å². The standard InChI is InChI=1S/C9H11N3O/c1-6-3-2-4-7(5-10)8(6)9(13)12-11/h2-5,10H,11H2,1H3,(H,12,13). The van der Waals surface area contributed by atoms with Crippen molar-refractivity contribution < 1.29 is 4.79 Å². The van der Waals surface area contributed by atoms with Gasteiger partial charge in [0.2, 0.25) is 0 Å². The van der Waals surface area contributed by atoms with E-state index in [0.29, 0.717) is 11.1 Å². The molecule has 0 fully saturated rings. The maximum absolute atomic E-state index is 11.3. The van der Waals surface area contributed by atoms with Crippen molar-refractivity contribution in [1.82, 2.24) is 5.43 Å². The van der Waals surface area contributed by atoms with Crippen molar-refractivity contribution in [1.29, 1.82) is 5.41 Å². The number of amides is 1. The summed E-state index contributed by atoms with van der Waals surface area (Å²) in [5.74, 6) is 4.66. The molecule has 0 aliphatic carbocycles. The third kappa shape index (κ3) is 1.73. The average Bonchev–Trinajstić information content (AvgIpc) is 2.16. The number of nitrogens with one attached hydrogen (secondary N) is 2. The van der Waals surface area contributed by atoms with E-state index in [1.54, 1.807) is 25.1 Å². The minimum absolute atomic E-state index is 0.364. The maximum atomic E-state index is 11.3. The monoisotopic (exact) mass is 177 g/mol. The molecule has 0 saturated carbocycles. The topological polar surface area (TPSA) is 79.0 Å². The van der Waals surface area contributed by atoms with E-state index in [-0.39, 0.29) is 5.91 Å². The Balaban J connectivity index is 3.30. The fraction of sp³-hybridized carbons (Fsp3) is 0.111. The van der Waals surface area contributed by atoms with Crippen LogP contribution in [-0.2, 0) is 0 Å². The Morgan fingerprint density at radius 1 is 1.62 bits per heavy atom. The van der Waals surface area contributed by atoms with Crippen molar-refractivity contribution in [3.05, 3.63) is 34.9 Å². The molecule has 1 aromatic carbocycles. The largest absolute Gasteiger partial charge is 0.308 e. The zero-order chi connectivity index (χ0) is 9.84. The van der Waals surface area contributed by atoms with Gasteiger partial charge in [0.15, 0.2) is 0 Å². The first-order valence-corrected chi connectivity index (χ1v) is 3.81.